The molecule has 0 aliphatic rings. The molecule has 1 atom stereocenters. The van der Waals surface area contributed by atoms with E-state index >= 15 is 0 Å². The first-order chi connectivity index (χ1) is 8.02. The van der Waals surface area contributed by atoms with Gasteiger partial charge in [-0.2, -0.15) is 0 Å². The van der Waals surface area contributed by atoms with Crippen LogP contribution in [0.1, 0.15) is 13.8 Å². The van der Waals surface area contributed by atoms with E-state index in [1.807, 2.05) is 13.8 Å². The maximum Gasteiger partial charge on any atom is 0.267 e. The second-order valence-electron chi connectivity index (χ2n) is 4.11. The Bertz CT molecular complexity index is 403. The van der Waals surface area contributed by atoms with Gasteiger partial charge in [0.05, 0.1) is 19.8 Å². The van der Waals surface area contributed by atoms with Crippen molar-refractivity contribution in [1.29, 1.82) is 0 Å². The van der Waals surface area contributed by atoms with Crippen LogP contribution in [0.3, 0.4) is 0 Å². The molecule has 1 aromatic rings. The highest BCUT2D eigenvalue weighted by atomic mass is 16.5. The van der Waals surface area contributed by atoms with Crippen molar-refractivity contribution in [3.05, 3.63) is 22.5 Å². The molecule has 0 amide bonds. The van der Waals surface area contributed by atoms with Gasteiger partial charge in [0, 0.05) is 24.7 Å². The zero-order valence-corrected chi connectivity index (χ0v) is 10.4. The van der Waals surface area contributed by atoms with E-state index in [4.69, 9.17) is 4.74 Å². The number of hydrogen-bond acceptors (Lipinski definition) is 5. The van der Waals surface area contributed by atoms with Gasteiger partial charge in [-0.25, -0.2) is 4.68 Å². The molecule has 0 saturated carbocycles. The summed E-state index contributed by atoms with van der Waals surface area (Å²) in [7, 11) is 1.48. The van der Waals surface area contributed by atoms with E-state index in [0.717, 1.165) is 0 Å². The van der Waals surface area contributed by atoms with Gasteiger partial charge in [-0.3, -0.25) is 4.79 Å². The summed E-state index contributed by atoms with van der Waals surface area (Å²) in [6.07, 6.45) is -0.658. The van der Waals surface area contributed by atoms with Crippen molar-refractivity contribution >= 4 is 0 Å². The summed E-state index contributed by atoms with van der Waals surface area (Å²) in [5.41, 5.74) is -0.255. The molecule has 0 radical (unpaired) electrons. The van der Waals surface area contributed by atoms with Crippen LogP contribution in [-0.4, -0.2) is 40.7 Å². The van der Waals surface area contributed by atoms with Crippen molar-refractivity contribution in [2.45, 2.75) is 32.5 Å². The van der Waals surface area contributed by atoms with Gasteiger partial charge < -0.3 is 15.2 Å². The lowest BCUT2D eigenvalue weighted by Gasteiger charge is -2.14. The summed E-state index contributed by atoms with van der Waals surface area (Å²) in [4.78, 5) is 11.5. The van der Waals surface area contributed by atoms with Gasteiger partial charge >= 0.3 is 0 Å². The largest absolute Gasteiger partial charge is 0.480 e. The third-order valence-electron chi connectivity index (χ3n) is 2.20. The number of aliphatic hydroxyl groups is 1. The summed E-state index contributed by atoms with van der Waals surface area (Å²) in [5.74, 6) is 0.355. The Balaban J connectivity index is 2.64. The van der Waals surface area contributed by atoms with Crippen LogP contribution >= 0.6 is 0 Å². The number of nitrogens with zero attached hydrogens (tertiary/aromatic N) is 2. The van der Waals surface area contributed by atoms with Crippen molar-refractivity contribution in [1.82, 2.24) is 15.1 Å². The monoisotopic (exact) mass is 241 g/mol. The molecule has 0 aliphatic carbocycles. The van der Waals surface area contributed by atoms with E-state index in [2.05, 4.69) is 10.4 Å². The molecule has 1 rings (SSSR count). The lowest BCUT2D eigenvalue weighted by molar-refractivity contribution is 0.141. The van der Waals surface area contributed by atoms with Crippen LogP contribution in [0.2, 0.25) is 0 Å². The number of aliphatic hydroxyl groups excluding tert-OH is 1. The van der Waals surface area contributed by atoms with Gasteiger partial charge in [-0.05, 0) is 0 Å². The molecule has 96 valence electrons. The Morgan fingerprint density at radius 2 is 2.24 bits per heavy atom. The number of methoxy groups -OCH3 is 1. The lowest BCUT2D eigenvalue weighted by atomic mass is 10.3. The van der Waals surface area contributed by atoms with E-state index in [9.17, 15) is 9.90 Å². The van der Waals surface area contributed by atoms with Crippen molar-refractivity contribution < 1.29 is 9.84 Å². The second-order valence-corrected chi connectivity index (χ2v) is 4.11. The van der Waals surface area contributed by atoms with Gasteiger partial charge in [0.2, 0.25) is 5.88 Å². The average Bonchev–Trinajstić information content (AvgIpc) is 2.29. The molecule has 1 unspecified atom stereocenters. The molecule has 2 N–H and O–H groups in total. The molecule has 0 aromatic carbocycles. The molecule has 0 spiro atoms. The molecular weight excluding hydrogens is 222 g/mol. The first-order valence-corrected chi connectivity index (χ1v) is 5.56. The molecule has 0 aliphatic heterocycles. The fourth-order valence-electron chi connectivity index (χ4n) is 1.31. The van der Waals surface area contributed by atoms with Gasteiger partial charge in [-0.15, -0.1) is 5.10 Å². The Morgan fingerprint density at radius 1 is 1.53 bits per heavy atom. The molecule has 0 fully saturated rings. The quantitative estimate of drug-likeness (QED) is 0.709. The predicted octanol–water partition coefficient (Wildman–Crippen LogP) is -0.389. The van der Waals surface area contributed by atoms with E-state index in [-0.39, 0.29) is 12.1 Å². The number of rotatable bonds is 6. The van der Waals surface area contributed by atoms with E-state index in [1.54, 1.807) is 0 Å². The number of nitrogens with one attached hydrogen (secondary N) is 1. The Kier molecular flexibility index (Phi) is 5.11. The highest BCUT2D eigenvalue weighted by Gasteiger charge is 2.08. The topological polar surface area (TPSA) is 76.4 Å². The second kappa shape index (κ2) is 6.36. The predicted molar refractivity (Wildman–Crippen MR) is 64.2 cm³/mol. The average molecular weight is 241 g/mol. The lowest BCUT2D eigenvalue weighted by Crippen LogP contribution is -2.37. The Labute approximate surface area is 100 Å². The summed E-state index contributed by atoms with van der Waals surface area (Å²) in [5, 5.41) is 16.8. The minimum atomic E-state index is -0.658. The Morgan fingerprint density at radius 3 is 2.82 bits per heavy atom. The number of ether oxygens (including phenoxy) is 1. The third-order valence-corrected chi connectivity index (χ3v) is 2.20. The fourth-order valence-corrected chi connectivity index (χ4v) is 1.31. The SMILES string of the molecule is COc1ccc(=O)n(CC(O)CNC(C)C)n1. The normalized spacial score (nSPS) is 12.8. The summed E-state index contributed by atoms with van der Waals surface area (Å²) >= 11 is 0. The first-order valence-electron chi connectivity index (χ1n) is 5.56. The van der Waals surface area contributed by atoms with Crippen molar-refractivity contribution in [3.8, 4) is 5.88 Å². The van der Waals surface area contributed by atoms with E-state index < -0.39 is 6.10 Å². The zero-order chi connectivity index (χ0) is 12.8. The summed E-state index contributed by atoms with van der Waals surface area (Å²) in [6, 6.07) is 3.16. The number of aromatic nitrogens is 2. The van der Waals surface area contributed by atoms with Gasteiger partial charge in [0.15, 0.2) is 0 Å². The van der Waals surface area contributed by atoms with Crippen LogP contribution in [0, 0.1) is 0 Å². The standard InChI is InChI=1S/C11H19N3O3/c1-8(2)12-6-9(15)7-14-11(16)5-4-10(13-14)17-3/h4-5,8-9,12,15H,6-7H2,1-3H3. The van der Waals surface area contributed by atoms with Crippen LogP contribution in [0.25, 0.3) is 0 Å². The van der Waals surface area contributed by atoms with Crippen LogP contribution < -0.4 is 15.6 Å². The maximum atomic E-state index is 11.5. The zero-order valence-electron chi connectivity index (χ0n) is 10.4. The number of hydrogen-bond donors (Lipinski definition) is 2. The van der Waals surface area contributed by atoms with Crippen molar-refractivity contribution in [3.63, 3.8) is 0 Å². The maximum absolute atomic E-state index is 11.5. The summed E-state index contributed by atoms with van der Waals surface area (Å²) in [6.45, 7) is 4.55. The molecule has 1 heterocycles. The van der Waals surface area contributed by atoms with Crippen LogP contribution in [0.15, 0.2) is 16.9 Å². The molecule has 6 nitrogen and oxygen atoms in total. The molecule has 6 heteroatoms. The van der Waals surface area contributed by atoms with Gasteiger partial charge in [0.25, 0.3) is 5.56 Å². The molecule has 0 bridgehead atoms. The molecule has 1 aromatic heterocycles. The minimum absolute atomic E-state index is 0.149. The van der Waals surface area contributed by atoms with Crippen molar-refractivity contribution in [2.24, 2.45) is 0 Å². The van der Waals surface area contributed by atoms with Gasteiger partial charge in [0.1, 0.15) is 0 Å². The highest BCUT2D eigenvalue weighted by Crippen LogP contribution is 1.99. The van der Waals surface area contributed by atoms with E-state index in [0.29, 0.717) is 18.5 Å². The highest BCUT2D eigenvalue weighted by molar-refractivity contribution is 5.06. The summed E-state index contributed by atoms with van der Waals surface area (Å²) < 4.78 is 6.12. The Hall–Kier alpha value is -1.40. The molecule has 0 saturated heterocycles. The third kappa shape index (κ3) is 4.54. The van der Waals surface area contributed by atoms with Gasteiger partial charge in [-0.1, -0.05) is 13.8 Å². The van der Waals surface area contributed by atoms with Crippen LogP contribution in [0.5, 0.6) is 5.88 Å². The van der Waals surface area contributed by atoms with Crippen molar-refractivity contribution in [2.75, 3.05) is 13.7 Å². The van der Waals surface area contributed by atoms with Crippen LogP contribution in [-0.2, 0) is 6.54 Å². The van der Waals surface area contributed by atoms with Crippen LogP contribution in [0.4, 0.5) is 0 Å². The minimum Gasteiger partial charge on any atom is -0.480 e. The molecule has 17 heavy (non-hydrogen) atoms. The smallest absolute Gasteiger partial charge is 0.267 e. The fraction of sp³-hybridized carbons (Fsp3) is 0.636. The first kappa shape index (κ1) is 13.7. The molecular formula is C11H19N3O3. The van der Waals surface area contributed by atoms with E-state index in [1.165, 1.54) is 23.9 Å².